The Morgan fingerprint density at radius 1 is 1.42 bits per heavy atom. The molecule has 0 bridgehead atoms. The molecule has 0 N–H and O–H groups in total. The highest BCUT2D eigenvalue weighted by Gasteiger charge is 2.18. The summed E-state index contributed by atoms with van der Waals surface area (Å²) in [7, 11) is 0. The molecule has 0 saturated heterocycles. The Balaban J connectivity index is 2.72. The molecule has 0 aliphatic carbocycles. The van der Waals surface area contributed by atoms with E-state index in [2.05, 4.69) is 13.8 Å². The van der Waals surface area contributed by atoms with Crippen LogP contribution in [0.3, 0.4) is 0 Å². The van der Waals surface area contributed by atoms with Gasteiger partial charge < -0.3 is 0 Å². The quantitative estimate of drug-likeness (QED) is 0.656. The normalized spacial score (nSPS) is 13.3. The number of Topliss-reactive ketones (excluding diaryl/α,β-unsaturated/α-hetero) is 1. The van der Waals surface area contributed by atoms with Crippen LogP contribution in [-0.2, 0) is 0 Å². The number of carbonyl (C=O) groups excluding carboxylic acids is 1. The van der Waals surface area contributed by atoms with Crippen LogP contribution < -0.4 is 0 Å². The number of thiophene rings is 1. The van der Waals surface area contributed by atoms with Crippen molar-refractivity contribution in [3.63, 3.8) is 0 Å². The van der Waals surface area contributed by atoms with E-state index in [-0.39, 0.29) is 11.7 Å². The van der Waals surface area contributed by atoms with E-state index in [1.807, 2.05) is 23.8 Å². The van der Waals surface area contributed by atoms with Crippen LogP contribution in [0.15, 0.2) is 16.8 Å². The minimum Gasteiger partial charge on any atom is -0.294 e. The highest BCUT2D eigenvalue weighted by atomic mass is 32.1. The SMILES string of the molecule is CC(C)C(C)C(=O)c1ccsc1. The fourth-order valence-corrected chi connectivity index (χ4v) is 1.62. The van der Waals surface area contributed by atoms with Crippen LogP contribution in [-0.4, -0.2) is 5.78 Å². The Morgan fingerprint density at radius 3 is 2.50 bits per heavy atom. The van der Waals surface area contributed by atoms with Gasteiger partial charge in [-0.25, -0.2) is 0 Å². The third kappa shape index (κ3) is 1.95. The number of ketones is 1. The first-order chi connectivity index (χ1) is 5.63. The summed E-state index contributed by atoms with van der Waals surface area (Å²) in [5.74, 6) is 0.836. The van der Waals surface area contributed by atoms with Crippen molar-refractivity contribution in [2.75, 3.05) is 0 Å². The van der Waals surface area contributed by atoms with Crippen LogP contribution in [0.1, 0.15) is 31.1 Å². The molecule has 0 aliphatic heterocycles. The van der Waals surface area contributed by atoms with Crippen molar-refractivity contribution in [3.05, 3.63) is 22.4 Å². The maximum Gasteiger partial charge on any atom is 0.166 e. The van der Waals surface area contributed by atoms with Crippen molar-refractivity contribution < 1.29 is 4.79 Å². The van der Waals surface area contributed by atoms with E-state index in [0.29, 0.717) is 5.92 Å². The molecule has 12 heavy (non-hydrogen) atoms. The second kappa shape index (κ2) is 3.85. The standard InChI is InChI=1S/C10H14OS/c1-7(2)8(3)10(11)9-4-5-12-6-9/h4-8H,1-3H3. The van der Waals surface area contributed by atoms with Crippen molar-refractivity contribution >= 4 is 17.1 Å². The first kappa shape index (κ1) is 9.46. The van der Waals surface area contributed by atoms with E-state index >= 15 is 0 Å². The first-order valence-electron chi connectivity index (χ1n) is 4.19. The van der Waals surface area contributed by atoms with Crippen molar-refractivity contribution in [1.82, 2.24) is 0 Å². The third-order valence-corrected chi connectivity index (χ3v) is 2.90. The van der Waals surface area contributed by atoms with Crippen LogP contribution in [0.4, 0.5) is 0 Å². The molecule has 0 radical (unpaired) electrons. The zero-order valence-electron chi connectivity index (χ0n) is 7.70. The molecule has 1 rings (SSSR count). The van der Waals surface area contributed by atoms with Crippen LogP contribution in [0.5, 0.6) is 0 Å². The van der Waals surface area contributed by atoms with Crippen molar-refractivity contribution in [1.29, 1.82) is 0 Å². The van der Waals surface area contributed by atoms with E-state index in [1.165, 1.54) is 0 Å². The lowest BCUT2D eigenvalue weighted by Gasteiger charge is -2.12. The molecule has 0 spiro atoms. The lowest BCUT2D eigenvalue weighted by Crippen LogP contribution is -2.16. The monoisotopic (exact) mass is 182 g/mol. The van der Waals surface area contributed by atoms with Gasteiger partial charge in [0.1, 0.15) is 0 Å². The molecule has 0 fully saturated rings. The molecule has 0 amide bonds. The average Bonchev–Trinajstić information content (AvgIpc) is 2.53. The topological polar surface area (TPSA) is 17.1 Å². The van der Waals surface area contributed by atoms with Gasteiger partial charge in [-0.05, 0) is 17.4 Å². The summed E-state index contributed by atoms with van der Waals surface area (Å²) < 4.78 is 0. The third-order valence-electron chi connectivity index (χ3n) is 2.22. The van der Waals surface area contributed by atoms with E-state index < -0.39 is 0 Å². The van der Waals surface area contributed by atoms with Crippen LogP contribution in [0.25, 0.3) is 0 Å². The Kier molecular flexibility index (Phi) is 3.04. The Hall–Kier alpha value is -0.630. The first-order valence-corrected chi connectivity index (χ1v) is 5.13. The summed E-state index contributed by atoms with van der Waals surface area (Å²) in [6.45, 7) is 6.15. The molecular weight excluding hydrogens is 168 g/mol. The molecule has 0 aliphatic rings. The Labute approximate surface area is 77.4 Å². The maximum atomic E-state index is 11.7. The lowest BCUT2D eigenvalue weighted by molar-refractivity contribution is 0.0900. The number of hydrogen-bond donors (Lipinski definition) is 0. The summed E-state index contributed by atoms with van der Waals surface area (Å²) in [6, 6.07) is 1.89. The number of rotatable bonds is 3. The highest BCUT2D eigenvalue weighted by molar-refractivity contribution is 7.08. The van der Waals surface area contributed by atoms with Crippen molar-refractivity contribution in [2.45, 2.75) is 20.8 Å². The van der Waals surface area contributed by atoms with Gasteiger partial charge in [0.2, 0.25) is 0 Å². The summed E-state index contributed by atoms with van der Waals surface area (Å²) in [5.41, 5.74) is 0.862. The maximum absolute atomic E-state index is 11.7. The predicted octanol–water partition coefficient (Wildman–Crippen LogP) is 3.22. The minimum atomic E-state index is 0.139. The molecule has 66 valence electrons. The van der Waals surface area contributed by atoms with Crippen LogP contribution in [0, 0.1) is 11.8 Å². The zero-order valence-corrected chi connectivity index (χ0v) is 8.52. The van der Waals surface area contributed by atoms with Gasteiger partial charge in [0.05, 0.1) is 0 Å². The molecule has 1 unspecified atom stereocenters. The van der Waals surface area contributed by atoms with E-state index in [1.54, 1.807) is 11.3 Å². The zero-order chi connectivity index (χ0) is 9.14. The smallest absolute Gasteiger partial charge is 0.166 e. The van der Waals surface area contributed by atoms with Crippen molar-refractivity contribution in [2.24, 2.45) is 11.8 Å². The van der Waals surface area contributed by atoms with Gasteiger partial charge in [-0.3, -0.25) is 4.79 Å². The Bertz CT molecular complexity index is 249. The second-order valence-corrected chi connectivity index (χ2v) is 4.19. The van der Waals surface area contributed by atoms with Crippen LogP contribution >= 0.6 is 11.3 Å². The predicted molar refractivity (Wildman–Crippen MR) is 52.7 cm³/mol. The van der Waals surface area contributed by atoms with Crippen molar-refractivity contribution in [3.8, 4) is 0 Å². The fourth-order valence-electron chi connectivity index (χ4n) is 0.970. The molecule has 0 saturated carbocycles. The van der Waals surface area contributed by atoms with E-state index in [4.69, 9.17) is 0 Å². The molecule has 1 heterocycles. The average molecular weight is 182 g/mol. The summed E-state index contributed by atoms with van der Waals surface area (Å²) in [4.78, 5) is 11.7. The fraction of sp³-hybridized carbons (Fsp3) is 0.500. The van der Waals surface area contributed by atoms with Gasteiger partial charge in [-0.2, -0.15) is 11.3 Å². The van der Waals surface area contributed by atoms with E-state index in [0.717, 1.165) is 5.56 Å². The summed E-state index contributed by atoms with van der Waals surface area (Å²) in [6.07, 6.45) is 0. The largest absolute Gasteiger partial charge is 0.294 e. The molecule has 1 aromatic heterocycles. The van der Waals surface area contributed by atoms with E-state index in [9.17, 15) is 4.79 Å². The molecule has 2 heteroatoms. The Morgan fingerprint density at radius 2 is 2.08 bits per heavy atom. The van der Waals surface area contributed by atoms with Gasteiger partial charge >= 0.3 is 0 Å². The second-order valence-electron chi connectivity index (χ2n) is 3.41. The molecule has 0 aromatic carbocycles. The van der Waals surface area contributed by atoms with Gasteiger partial charge in [-0.15, -0.1) is 0 Å². The van der Waals surface area contributed by atoms with Gasteiger partial charge in [0, 0.05) is 16.9 Å². The molecular formula is C10H14OS. The van der Waals surface area contributed by atoms with Gasteiger partial charge in [-0.1, -0.05) is 20.8 Å². The summed E-state index contributed by atoms with van der Waals surface area (Å²) >= 11 is 1.58. The van der Waals surface area contributed by atoms with Gasteiger partial charge in [0.15, 0.2) is 5.78 Å². The minimum absolute atomic E-state index is 0.139. The van der Waals surface area contributed by atoms with Crippen LogP contribution in [0.2, 0.25) is 0 Å². The highest BCUT2D eigenvalue weighted by Crippen LogP contribution is 2.18. The van der Waals surface area contributed by atoms with Gasteiger partial charge in [0.25, 0.3) is 0 Å². The molecule has 1 aromatic rings. The number of carbonyl (C=O) groups is 1. The lowest BCUT2D eigenvalue weighted by atomic mass is 9.91. The molecule has 1 atom stereocenters. The molecule has 1 nitrogen and oxygen atoms in total. The summed E-state index contributed by atoms with van der Waals surface area (Å²) in [5, 5.41) is 3.86. The number of hydrogen-bond acceptors (Lipinski definition) is 2.